The largest absolute Gasteiger partial charge is 0.447 e. The monoisotopic (exact) mass is 399 g/mol. The van der Waals surface area contributed by atoms with Gasteiger partial charge in [0, 0.05) is 12.2 Å². The van der Waals surface area contributed by atoms with Gasteiger partial charge in [-0.15, -0.1) is 10.2 Å². The normalized spacial score (nSPS) is 11.0. The summed E-state index contributed by atoms with van der Waals surface area (Å²) in [6.07, 6.45) is 4.59. The van der Waals surface area contributed by atoms with E-state index in [0.29, 0.717) is 23.9 Å². The van der Waals surface area contributed by atoms with Gasteiger partial charge in [-0.1, -0.05) is 43.7 Å². The molecule has 0 aliphatic rings. The van der Waals surface area contributed by atoms with Gasteiger partial charge in [0.15, 0.2) is 10.9 Å². The van der Waals surface area contributed by atoms with Crippen LogP contribution in [0.15, 0.2) is 40.1 Å². The summed E-state index contributed by atoms with van der Waals surface area (Å²) in [6, 6.07) is 8.18. The van der Waals surface area contributed by atoms with Crippen LogP contribution in [-0.2, 0) is 5.75 Å². The number of hydrogen-bond acceptors (Lipinski definition) is 6. The van der Waals surface area contributed by atoms with Gasteiger partial charge in [-0.05, 0) is 38.0 Å². The number of carbonyl (C=O) groups is 1. The molecule has 2 aromatic heterocycles. The van der Waals surface area contributed by atoms with E-state index < -0.39 is 0 Å². The molecule has 0 aliphatic heterocycles. The summed E-state index contributed by atoms with van der Waals surface area (Å²) >= 11 is 1.47. The summed E-state index contributed by atoms with van der Waals surface area (Å²) in [7, 11) is 0. The molecular formula is C20H25N5O2S. The van der Waals surface area contributed by atoms with E-state index in [1.165, 1.54) is 23.6 Å². The van der Waals surface area contributed by atoms with Crippen molar-refractivity contribution in [3.8, 4) is 5.69 Å². The molecule has 3 aromatic rings. The van der Waals surface area contributed by atoms with E-state index >= 15 is 0 Å². The molecule has 148 valence electrons. The Bertz CT molecular complexity index is 934. The van der Waals surface area contributed by atoms with Gasteiger partial charge in [0.2, 0.25) is 5.89 Å². The number of nitrogens with one attached hydrogen (secondary N) is 1. The van der Waals surface area contributed by atoms with Gasteiger partial charge in [-0.3, -0.25) is 9.36 Å². The third kappa shape index (κ3) is 5.01. The second kappa shape index (κ2) is 9.54. The van der Waals surface area contributed by atoms with Crippen LogP contribution in [0, 0.1) is 13.8 Å². The number of oxazole rings is 1. The first-order valence-corrected chi connectivity index (χ1v) is 10.4. The molecule has 0 aliphatic carbocycles. The first-order chi connectivity index (χ1) is 13.6. The zero-order valence-corrected chi connectivity index (χ0v) is 17.3. The second-order valence-corrected chi connectivity index (χ2v) is 7.52. The van der Waals surface area contributed by atoms with Crippen molar-refractivity contribution in [3.63, 3.8) is 0 Å². The molecular weight excluding hydrogens is 374 g/mol. The summed E-state index contributed by atoms with van der Waals surface area (Å²) < 4.78 is 7.46. The number of nitrogens with zero attached hydrogens (tertiary/aromatic N) is 4. The highest BCUT2D eigenvalue weighted by Gasteiger charge is 2.15. The van der Waals surface area contributed by atoms with Gasteiger partial charge in [0.1, 0.15) is 12.1 Å². The van der Waals surface area contributed by atoms with Crippen molar-refractivity contribution in [2.75, 3.05) is 6.54 Å². The quantitative estimate of drug-likeness (QED) is 0.431. The minimum absolute atomic E-state index is 0.199. The lowest BCUT2D eigenvalue weighted by atomic mass is 10.2. The molecule has 0 fully saturated rings. The Labute approximate surface area is 169 Å². The Hall–Kier alpha value is -2.61. The van der Waals surface area contributed by atoms with E-state index in [-0.39, 0.29) is 5.91 Å². The molecule has 1 aromatic carbocycles. The van der Waals surface area contributed by atoms with E-state index in [1.807, 2.05) is 23.6 Å². The average Bonchev–Trinajstić information content (AvgIpc) is 3.30. The SMILES string of the molecule is CCCCCNC(=O)c1coc(CSc2nnc(C)n2-c2cccc(C)c2)n1. The topological polar surface area (TPSA) is 85.8 Å². The lowest BCUT2D eigenvalue weighted by Gasteiger charge is -2.08. The maximum Gasteiger partial charge on any atom is 0.273 e. The maximum absolute atomic E-state index is 12.1. The molecule has 1 N–H and O–H groups in total. The van der Waals surface area contributed by atoms with Gasteiger partial charge >= 0.3 is 0 Å². The van der Waals surface area contributed by atoms with E-state index in [4.69, 9.17) is 4.42 Å². The Morgan fingerprint density at radius 1 is 1.25 bits per heavy atom. The van der Waals surface area contributed by atoms with E-state index in [9.17, 15) is 4.79 Å². The van der Waals surface area contributed by atoms with Gasteiger partial charge < -0.3 is 9.73 Å². The van der Waals surface area contributed by atoms with Crippen LogP contribution in [0.25, 0.3) is 5.69 Å². The number of hydrogen-bond donors (Lipinski definition) is 1. The zero-order chi connectivity index (χ0) is 19.9. The predicted molar refractivity (Wildman–Crippen MR) is 109 cm³/mol. The van der Waals surface area contributed by atoms with Crippen molar-refractivity contribution < 1.29 is 9.21 Å². The molecule has 1 amide bonds. The number of aryl methyl sites for hydroxylation is 2. The number of benzene rings is 1. The number of carbonyl (C=O) groups excluding carboxylic acids is 1. The summed E-state index contributed by atoms with van der Waals surface area (Å²) in [6.45, 7) is 6.76. The molecule has 0 saturated heterocycles. The van der Waals surface area contributed by atoms with E-state index in [2.05, 4.69) is 46.5 Å². The van der Waals surface area contributed by atoms with Crippen LogP contribution in [0.3, 0.4) is 0 Å². The summed E-state index contributed by atoms with van der Waals surface area (Å²) in [4.78, 5) is 16.4. The van der Waals surface area contributed by atoms with Gasteiger partial charge in [0.05, 0.1) is 5.75 Å². The second-order valence-electron chi connectivity index (χ2n) is 6.58. The highest BCUT2D eigenvalue weighted by molar-refractivity contribution is 7.98. The number of amides is 1. The highest BCUT2D eigenvalue weighted by Crippen LogP contribution is 2.25. The third-order valence-electron chi connectivity index (χ3n) is 4.23. The van der Waals surface area contributed by atoms with Crippen molar-refractivity contribution in [2.24, 2.45) is 0 Å². The van der Waals surface area contributed by atoms with Crippen LogP contribution >= 0.6 is 11.8 Å². The third-order valence-corrected chi connectivity index (χ3v) is 5.14. The highest BCUT2D eigenvalue weighted by atomic mass is 32.2. The molecule has 0 saturated carbocycles. The minimum atomic E-state index is -0.199. The Kier molecular flexibility index (Phi) is 6.86. The summed E-state index contributed by atoms with van der Waals surface area (Å²) in [5.74, 6) is 1.57. The average molecular weight is 400 g/mol. The van der Waals surface area contributed by atoms with Crippen molar-refractivity contribution in [1.82, 2.24) is 25.1 Å². The summed E-state index contributed by atoms with van der Waals surface area (Å²) in [5, 5.41) is 12.1. The maximum atomic E-state index is 12.1. The molecule has 0 atom stereocenters. The van der Waals surface area contributed by atoms with Crippen LogP contribution in [-0.4, -0.2) is 32.2 Å². The lowest BCUT2D eigenvalue weighted by Crippen LogP contribution is -2.24. The van der Waals surface area contributed by atoms with Crippen molar-refractivity contribution in [2.45, 2.75) is 50.9 Å². The van der Waals surface area contributed by atoms with E-state index in [1.54, 1.807) is 0 Å². The van der Waals surface area contributed by atoms with Gasteiger partial charge in [0.25, 0.3) is 5.91 Å². The Balaban J connectivity index is 1.63. The fraction of sp³-hybridized carbons (Fsp3) is 0.400. The van der Waals surface area contributed by atoms with Crippen LogP contribution < -0.4 is 5.32 Å². The Morgan fingerprint density at radius 2 is 2.11 bits per heavy atom. The van der Waals surface area contributed by atoms with Gasteiger partial charge in [-0.2, -0.15) is 0 Å². The number of rotatable bonds is 9. The standard InChI is InChI=1S/C20H25N5O2S/c1-4-5-6-10-21-19(26)17-12-27-18(22-17)13-28-20-24-23-15(3)25(20)16-9-7-8-14(2)11-16/h7-9,11-12H,4-6,10,13H2,1-3H3,(H,21,26). The predicted octanol–water partition coefficient (Wildman–Crippen LogP) is 4.08. The van der Waals surface area contributed by atoms with E-state index in [0.717, 1.165) is 35.9 Å². The molecule has 0 spiro atoms. The van der Waals surface area contributed by atoms with Crippen molar-refractivity contribution >= 4 is 17.7 Å². The summed E-state index contributed by atoms with van der Waals surface area (Å²) in [5.41, 5.74) is 2.50. The Morgan fingerprint density at radius 3 is 2.89 bits per heavy atom. The number of aromatic nitrogens is 4. The number of thioether (sulfide) groups is 1. The first-order valence-electron chi connectivity index (χ1n) is 9.43. The van der Waals surface area contributed by atoms with Crippen LogP contribution in [0.2, 0.25) is 0 Å². The molecule has 0 bridgehead atoms. The molecule has 3 rings (SSSR count). The molecule has 7 nitrogen and oxygen atoms in total. The minimum Gasteiger partial charge on any atom is -0.447 e. The fourth-order valence-electron chi connectivity index (χ4n) is 2.78. The zero-order valence-electron chi connectivity index (χ0n) is 16.4. The molecule has 0 unspecified atom stereocenters. The van der Waals surface area contributed by atoms with Crippen molar-refractivity contribution in [3.05, 3.63) is 53.5 Å². The first kappa shape index (κ1) is 20.1. The number of unbranched alkanes of at least 4 members (excludes halogenated alkanes) is 2. The fourth-order valence-corrected chi connectivity index (χ4v) is 3.63. The molecule has 8 heteroatoms. The van der Waals surface area contributed by atoms with Crippen LogP contribution in [0.1, 0.15) is 54.0 Å². The lowest BCUT2D eigenvalue weighted by molar-refractivity contribution is 0.0948. The molecule has 0 radical (unpaired) electrons. The molecule has 2 heterocycles. The molecule has 28 heavy (non-hydrogen) atoms. The smallest absolute Gasteiger partial charge is 0.273 e. The van der Waals surface area contributed by atoms with Gasteiger partial charge in [-0.25, -0.2) is 4.98 Å². The van der Waals surface area contributed by atoms with Crippen LogP contribution in [0.4, 0.5) is 0 Å². The van der Waals surface area contributed by atoms with Crippen LogP contribution in [0.5, 0.6) is 0 Å². The van der Waals surface area contributed by atoms with Crippen molar-refractivity contribution in [1.29, 1.82) is 0 Å².